The van der Waals surface area contributed by atoms with E-state index in [-0.39, 0.29) is 5.82 Å². The molecule has 0 N–H and O–H groups in total. The molecule has 1 aromatic rings. The van der Waals surface area contributed by atoms with Crippen molar-refractivity contribution in [1.82, 2.24) is 4.90 Å². The largest absolute Gasteiger partial charge is 0.296 e. The number of nitrogens with zero attached hydrogens (tertiary/aromatic N) is 1. The molecule has 0 radical (unpaired) electrons. The van der Waals surface area contributed by atoms with E-state index in [1.165, 1.54) is 44.6 Å². The van der Waals surface area contributed by atoms with Gasteiger partial charge in [-0.25, -0.2) is 4.39 Å². The number of hydrogen-bond donors (Lipinski definition) is 0. The minimum Gasteiger partial charge on any atom is -0.296 e. The molecule has 0 heterocycles. The van der Waals surface area contributed by atoms with Crippen LogP contribution in [0.15, 0.2) is 18.2 Å². The van der Waals surface area contributed by atoms with E-state index in [9.17, 15) is 4.39 Å². The molecule has 0 aromatic heterocycles. The Balaban J connectivity index is 1.59. The van der Waals surface area contributed by atoms with Crippen molar-refractivity contribution in [1.29, 1.82) is 0 Å². The molecule has 4 aliphatic carbocycles. The second-order valence-corrected chi connectivity index (χ2v) is 8.11. The van der Waals surface area contributed by atoms with Gasteiger partial charge < -0.3 is 0 Å². The Bertz CT molecular complexity index is 501. The maximum atomic E-state index is 14.1. The van der Waals surface area contributed by atoms with Gasteiger partial charge in [0.1, 0.15) is 5.82 Å². The fourth-order valence-corrected chi connectivity index (χ4v) is 5.84. The van der Waals surface area contributed by atoms with E-state index in [0.717, 1.165) is 17.8 Å². The zero-order chi connectivity index (χ0) is 14.6. The van der Waals surface area contributed by atoms with E-state index in [0.29, 0.717) is 22.7 Å². The van der Waals surface area contributed by atoms with Crippen molar-refractivity contribution in [2.24, 2.45) is 17.8 Å². The lowest BCUT2D eigenvalue weighted by molar-refractivity contribution is -0.0824. The van der Waals surface area contributed by atoms with E-state index in [4.69, 9.17) is 11.6 Å². The standard InChI is InChI=1S/C18H23ClFN/c1-21(11-15-16(19)3-2-4-17(15)20)18-8-12-5-13(9-18)7-14(6-12)10-18/h2-4,12-14H,5-11H2,1H3. The van der Waals surface area contributed by atoms with Crippen molar-refractivity contribution in [3.05, 3.63) is 34.6 Å². The minimum absolute atomic E-state index is 0.168. The quantitative estimate of drug-likeness (QED) is 0.769. The molecule has 4 aliphatic rings. The van der Waals surface area contributed by atoms with Gasteiger partial charge in [0.25, 0.3) is 0 Å². The zero-order valence-corrected chi connectivity index (χ0v) is 13.4. The summed E-state index contributed by atoms with van der Waals surface area (Å²) >= 11 is 6.21. The first-order valence-electron chi connectivity index (χ1n) is 8.20. The number of benzene rings is 1. The Morgan fingerprint density at radius 1 is 1.14 bits per heavy atom. The van der Waals surface area contributed by atoms with E-state index in [1.54, 1.807) is 12.1 Å². The van der Waals surface area contributed by atoms with Gasteiger partial charge in [-0.15, -0.1) is 0 Å². The first-order valence-corrected chi connectivity index (χ1v) is 8.58. The van der Waals surface area contributed by atoms with Crippen molar-refractivity contribution in [2.75, 3.05) is 7.05 Å². The van der Waals surface area contributed by atoms with Crippen LogP contribution in [-0.4, -0.2) is 17.5 Å². The Labute approximate surface area is 131 Å². The Morgan fingerprint density at radius 2 is 1.71 bits per heavy atom. The van der Waals surface area contributed by atoms with Gasteiger partial charge >= 0.3 is 0 Å². The Hall–Kier alpha value is -0.600. The highest BCUT2D eigenvalue weighted by Gasteiger charge is 2.52. The number of rotatable bonds is 3. The van der Waals surface area contributed by atoms with E-state index < -0.39 is 0 Å². The Morgan fingerprint density at radius 3 is 2.24 bits per heavy atom. The third-order valence-corrected chi connectivity index (χ3v) is 6.63. The Kier molecular flexibility index (Phi) is 3.31. The maximum absolute atomic E-state index is 14.1. The fraction of sp³-hybridized carbons (Fsp3) is 0.667. The molecule has 0 amide bonds. The van der Waals surface area contributed by atoms with Crippen LogP contribution in [0.5, 0.6) is 0 Å². The molecule has 114 valence electrons. The summed E-state index contributed by atoms with van der Waals surface area (Å²) in [6.45, 7) is 0.637. The van der Waals surface area contributed by atoms with Crippen molar-refractivity contribution in [3.63, 3.8) is 0 Å². The summed E-state index contributed by atoms with van der Waals surface area (Å²) in [5, 5.41) is 0.562. The van der Waals surface area contributed by atoms with Crippen LogP contribution in [0.4, 0.5) is 4.39 Å². The maximum Gasteiger partial charge on any atom is 0.129 e. The van der Waals surface area contributed by atoms with Crippen LogP contribution in [0.25, 0.3) is 0 Å². The molecule has 0 saturated heterocycles. The normalized spacial score (nSPS) is 37.4. The van der Waals surface area contributed by atoms with Crippen LogP contribution in [0, 0.1) is 23.6 Å². The lowest BCUT2D eigenvalue weighted by Crippen LogP contribution is -2.58. The summed E-state index contributed by atoms with van der Waals surface area (Å²) in [6.07, 6.45) is 8.24. The monoisotopic (exact) mass is 307 g/mol. The second kappa shape index (κ2) is 4.96. The minimum atomic E-state index is -0.168. The molecule has 1 nitrogen and oxygen atoms in total. The highest BCUT2D eigenvalue weighted by Crippen LogP contribution is 2.57. The fourth-order valence-electron chi connectivity index (χ4n) is 5.62. The van der Waals surface area contributed by atoms with E-state index in [1.807, 2.05) is 0 Å². The number of halogens is 2. The molecular weight excluding hydrogens is 285 g/mol. The van der Waals surface area contributed by atoms with Gasteiger partial charge in [-0.2, -0.15) is 0 Å². The van der Waals surface area contributed by atoms with Gasteiger partial charge in [0.05, 0.1) is 0 Å². The first kappa shape index (κ1) is 14.0. The molecule has 1 aromatic carbocycles. The lowest BCUT2D eigenvalue weighted by Gasteiger charge is -2.60. The molecular formula is C18H23ClFN. The van der Waals surface area contributed by atoms with Gasteiger partial charge in [0.15, 0.2) is 0 Å². The van der Waals surface area contributed by atoms with Crippen LogP contribution in [-0.2, 0) is 6.54 Å². The molecule has 4 saturated carbocycles. The molecule has 4 bridgehead atoms. The lowest BCUT2D eigenvalue weighted by atomic mass is 9.52. The van der Waals surface area contributed by atoms with Gasteiger partial charge in [-0.05, 0) is 75.5 Å². The summed E-state index contributed by atoms with van der Waals surface area (Å²) in [5.74, 6) is 2.57. The average Bonchev–Trinajstić information content (AvgIpc) is 2.41. The van der Waals surface area contributed by atoms with Crippen LogP contribution in [0.1, 0.15) is 44.1 Å². The predicted octanol–water partition coefficient (Wildman–Crippen LogP) is 4.88. The van der Waals surface area contributed by atoms with Crippen molar-refractivity contribution in [2.45, 2.75) is 50.6 Å². The van der Waals surface area contributed by atoms with Crippen molar-refractivity contribution < 1.29 is 4.39 Å². The van der Waals surface area contributed by atoms with Crippen LogP contribution >= 0.6 is 11.6 Å². The van der Waals surface area contributed by atoms with Crippen LogP contribution in [0.3, 0.4) is 0 Å². The van der Waals surface area contributed by atoms with Gasteiger partial charge in [-0.3, -0.25) is 4.90 Å². The molecule has 0 atom stereocenters. The molecule has 0 unspecified atom stereocenters. The summed E-state index contributed by atoms with van der Waals surface area (Å²) in [6, 6.07) is 5.01. The third kappa shape index (κ3) is 2.31. The van der Waals surface area contributed by atoms with E-state index >= 15 is 0 Å². The zero-order valence-electron chi connectivity index (χ0n) is 12.6. The van der Waals surface area contributed by atoms with Gasteiger partial charge in [0.2, 0.25) is 0 Å². The van der Waals surface area contributed by atoms with Crippen LogP contribution in [0.2, 0.25) is 5.02 Å². The highest BCUT2D eigenvalue weighted by molar-refractivity contribution is 6.31. The number of hydrogen-bond acceptors (Lipinski definition) is 1. The molecule has 21 heavy (non-hydrogen) atoms. The predicted molar refractivity (Wildman–Crippen MR) is 83.8 cm³/mol. The van der Waals surface area contributed by atoms with Crippen LogP contribution < -0.4 is 0 Å². The molecule has 4 fully saturated rings. The van der Waals surface area contributed by atoms with Gasteiger partial charge in [-0.1, -0.05) is 17.7 Å². The SMILES string of the molecule is CN(Cc1c(F)cccc1Cl)C12CC3CC(CC(C3)C1)C2. The highest BCUT2D eigenvalue weighted by atomic mass is 35.5. The van der Waals surface area contributed by atoms with Crippen molar-refractivity contribution >= 4 is 11.6 Å². The smallest absolute Gasteiger partial charge is 0.129 e. The van der Waals surface area contributed by atoms with E-state index in [2.05, 4.69) is 11.9 Å². The second-order valence-electron chi connectivity index (χ2n) is 7.70. The first-order chi connectivity index (χ1) is 10.1. The molecule has 0 spiro atoms. The van der Waals surface area contributed by atoms with Crippen molar-refractivity contribution in [3.8, 4) is 0 Å². The van der Waals surface area contributed by atoms with Gasteiger partial charge in [0, 0.05) is 22.7 Å². The summed E-state index contributed by atoms with van der Waals surface area (Å²) in [5.41, 5.74) is 0.970. The summed E-state index contributed by atoms with van der Waals surface area (Å²) in [4.78, 5) is 2.42. The summed E-state index contributed by atoms with van der Waals surface area (Å²) in [7, 11) is 2.18. The average molecular weight is 308 g/mol. The summed E-state index contributed by atoms with van der Waals surface area (Å²) < 4.78 is 14.1. The third-order valence-electron chi connectivity index (χ3n) is 6.27. The molecule has 3 heteroatoms. The molecule has 5 rings (SSSR count). The topological polar surface area (TPSA) is 3.24 Å². The molecule has 0 aliphatic heterocycles.